The molecule has 5 heteroatoms. The Morgan fingerprint density at radius 3 is 2.89 bits per heavy atom. The van der Waals surface area contributed by atoms with Gasteiger partial charge in [-0.1, -0.05) is 0 Å². The second kappa shape index (κ2) is 5.59. The number of aromatic nitrogens is 3. The minimum absolute atomic E-state index is 0.390. The van der Waals surface area contributed by atoms with Crippen molar-refractivity contribution in [1.82, 2.24) is 20.3 Å². The van der Waals surface area contributed by atoms with Crippen LogP contribution < -0.4 is 11.1 Å². The number of pyridine rings is 1. The topological polar surface area (TPSA) is 76.7 Å². The normalized spacial score (nSPS) is 23.6. The van der Waals surface area contributed by atoms with Crippen molar-refractivity contribution in [2.45, 2.75) is 44.3 Å². The number of fused-ring (bicyclic) bond motifs is 1. The Morgan fingerprint density at radius 2 is 2.05 bits per heavy atom. The average molecular weight is 257 g/mol. The van der Waals surface area contributed by atoms with Gasteiger partial charge < -0.3 is 11.1 Å². The molecule has 5 nitrogen and oxygen atoms in total. The van der Waals surface area contributed by atoms with Gasteiger partial charge in [0.15, 0.2) is 0 Å². The van der Waals surface area contributed by atoms with Crippen molar-refractivity contribution in [2.75, 3.05) is 0 Å². The van der Waals surface area contributed by atoms with Crippen LogP contribution in [0.15, 0.2) is 24.8 Å². The van der Waals surface area contributed by atoms with Crippen molar-refractivity contribution >= 4 is 10.9 Å². The van der Waals surface area contributed by atoms with E-state index in [1.54, 1.807) is 6.33 Å². The molecule has 0 aliphatic heterocycles. The van der Waals surface area contributed by atoms with Crippen molar-refractivity contribution < 1.29 is 0 Å². The third kappa shape index (κ3) is 2.88. The second-order valence-electron chi connectivity index (χ2n) is 5.21. The van der Waals surface area contributed by atoms with Crippen LogP contribution in [0.4, 0.5) is 0 Å². The highest BCUT2D eigenvalue weighted by atomic mass is 14.9. The number of nitrogens with two attached hydrogens (primary N) is 1. The number of hydrogen-bond acceptors (Lipinski definition) is 5. The van der Waals surface area contributed by atoms with E-state index in [2.05, 4.69) is 20.3 Å². The van der Waals surface area contributed by atoms with Gasteiger partial charge in [0.25, 0.3) is 0 Å². The minimum atomic E-state index is 0.390. The maximum atomic E-state index is 5.92. The third-order valence-corrected chi connectivity index (χ3v) is 3.83. The summed E-state index contributed by atoms with van der Waals surface area (Å²) in [7, 11) is 0. The zero-order chi connectivity index (χ0) is 13.1. The number of rotatable bonds is 3. The van der Waals surface area contributed by atoms with Gasteiger partial charge in [0.05, 0.1) is 11.2 Å². The predicted molar refractivity (Wildman–Crippen MR) is 74.4 cm³/mol. The monoisotopic (exact) mass is 257 g/mol. The molecule has 100 valence electrons. The first-order valence-electron chi connectivity index (χ1n) is 6.85. The summed E-state index contributed by atoms with van der Waals surface area (Å²) in [5.41, 5.74) is 7.86. The van der Waals surface area contributed by atoms with Crippen molar-refractivity contribution in [3.8, 4) is 0 Å². The van der Waals surface area contributed by atoms with E-state index in [0.717, 1.165) is 48.8 Å². The minimum Gasteiger partial charge on any atom is -0.328 e. The average Bonchev–Trinajstić information content (AvgIpc) is 2.47. The lowest BCUT2D eigenvalue weighted by Gasteiger charge is -2.26. The molecule has 0 unspecified atom stereocenters. The largest absolute Gasteiger partial charge is 0.328 e. The van der Waals surface area contributed by atoms with Crippen LogP contribution in [0.25, 0.3) is 10.9 Å². The van der Waals surface area contributed by atoms with Gasteiger partial charge in [-0.15, -0.1) is 0 Å². The highest BCUT2D eigenvalue weighted by Gasteiger charge is 2.18. The van der Waals surface area contributed by atoms with Crippen LogP contribution in [0.5, 0.6) is 0 Å². The molecule has 2 heterocycles. The molecule has 0 spiro atoms. The molecule has 0 saturated heterocycles. The molecule has 0 radical (unpaired) electrons. The van der Waals surface area contributed by atoms with Gasteiger partial charge in [-0.3, -0.25) is 4.98 Å². The van der Waals surface area contributed by atoms with Crippen molar-refractivity contribution in [1.29, 1.82) is 0 Å². The zero-order valence-electron chi connectivity index (χ0n) is 10.9. The Kier molecular flexibility index (Phi) is 3.66. The lowest BCUT2D eigenvalue weighted by atomic mass is 9.92. The molecule has 0 aromatic carbocycles. The van der Waals surface area contributed by atoms with E-state index in [-0.39, 0.29) is 0 Å². The van der Waals surface area contributed by atoms with E-state index >= 15 is 0 Å². The first-order valence-corrected chi connectivity index (χ1v) is 6.85. The molecule has 0 bridgehead atoms. The van der Waals surface area contributed by atoms with Crippen LogP contribution in [0.3, 0.4) is 0 Å². The molecule has 2 aromatic heterocycles. The van der Waals surface area contributed by atoms with Crippen molar-refractivity contribution in [2.24, 2.45) is 5.73 Å². The molecule has 3 rings (SSSR count). The molecule has 1 saturated carbocycles. The first kappa shape index (κ1) is 12.4. The Balaban J connectivity index is 1.68. The van der Waals surface area contributed by atoms with Gasteiger partial charge in [-0.05, 0) is 31.7 Å². The predicted octanol–water partition coefficient (Wildman–Crippen LogP) is 1.38. The van der Waals surface area contributed by atoms with E-state index < -0.39 is 0 Å². The molecular weight excluding hydrogens is 238 g/mol. The fraction of sp³-hybridized carbons (Fsp3) is 0.500. The standard InChI is InChI=1S/C14H19N5/c15-11-1-3-12(4-2-11)18-8-13-14-10(5-6-17-13)7-16-9-19-14/h5-7,9,11-12,18H,1-4,8,15H2. The van der Waals surface area contributed by atoms with E-state index in [1.807, 2.05) is 18.5 Å². The maximum absolute atomic E-state index is 5.92. The summed E-state index contributed by atoms with van der Waals surface area (Å²) in [5, 5.41) is 4.61. The van der Waals surface area contributed by atoms with Crippen LogP contribution >= 0.6 is 0 Å². The van der Waals surface area contributed by atoms with Gasteiger partial charge in [-0.25, -0.2) is 9.97 Å². The SMILES string of the molecule is NC1CCC(NCc2nccc3cncnc23)CC1. The summed E-state index contributed by atoms with van der Waals surface area (Å²) < 4.78 is 0. The Bertz CT molecular complexity index is 543. The molecule has 1 aliphatic carbocycles. The van der Waals surface area contributed by atoms with Crippen LogP contribution in [0.1, 0.15) is 31.4 Å². The number of hydrogen-bond donors (Lipinski definition) is 2. The molecular formula is C14H19N5. The highest BCUT2D eigenvalue weighted by molar-refractivity contribution is 5.78. The van der Waals surface area contributed by atoms with Gasteiger partial charge in [0.1, 0.15) is 6.33 Å². The number of nitrogens with zero attached hydrogens (tertiary/aromatic N) is 3. The van der Waals surface area contributed by atoms with E-state index in [0.29, 0.717) is 12.1 Å². The van der Waals surface area contributed by atoms with Crippen LogP contribution in [0.2, 0.25) is 0 Å². The zero-order valence-corrected chi connectivity index (χ0v) is 10.9. The summed E-state index contributed by atoms with van der Waals surface area (Å²) in [6.45, 7) is 0.758. The molecule has 1 aliphatic rings. The molecule has 2 aromatic rings. The lowest BCUT2D eigenvalue weighted by molar-refractivity contribution is 0.341. The molecule has 3 N–H and O–H groups in total. The quantitative estimate of drug-likeness (QED) is 0.868. The Morgan fingerprint density at radius 1 is 1.21 bits per heavy atom. The summed E-state index contributed by atoms with van der Waals surface area (Å²) >= 11 is 0. The maximum Gasteiger partial charge on any atom is 0.116 e. The number of nitrogens with one attached hydrogen (secondary N) is 1. The van der Waals surface area contributed by atoms with Crippen LogP contribution in [-0.2, 0) is 6.54 Å². The first-order chi connectivity index (χ1) is 9.33. The van der Waals surface area contributed by atoms with E-state index in [1.165, 1.54) is 0 Å². The van der Waals surface area contributed by atoms with Crippen molar-refractivity contribution in [3.05, 3.63) is 30.5 Å². The van der Waals surface area contributed by atoms with E-state index in [9.17, 15) is 0 Å². The summed E-state index contributed by atoms with van der Waals surface area (Å²) in [6, 6.07) is 2.89. The third-order valence-electron chi connectivity index (χ3n) is 3.83. The summed E-state index contributed by atoms with van der Waals surface area (Å²) in [4.78, 5) is 12.8. The lowest BCUT2D eigenvalue weighted by Crippen LogP contribution is -2.37. The van der Waals surface area contributed by atoms with Gasteiger partial charge in [0, 0.05) is 36.4 Å². The van der Waals surface area contributed by atoms with Gasteiger partial charge >= 0.3 is 0 Å². The van der Waals surface area contributed by atoms with Gasteiger partial charge in [0.2, 0.25) is 0 Å². The van der Waals surface area contributed by atoms with Crippen LogP contribution in [0, 0.1) is 0 Å². The second-order valence-corrected chi connectivity index (χ2v) is 5.21. The summed E-state index contributed by atoms with van der Waals surface area (Å²) in [6.07, 6.45) is 9.76. The van der Waals surface area contributed by atoms with E-state index in [4.69, 9.17) is 5.73 Å². The van der Waals surface area contributed by atoms with Crippen LogP contribution in [-0.4, -0.2) is 27.0 Å². The fourth-order valence-corrected chi connectivity index (χ4v) is 2.67. The molecule has 1 fully saturated rings. The highest BCUT2D eigenvalue weighted by Crippen LogP contribution is 2.18. The molecule has 19 heavy (non-hydrogen) atoms. The van der Waals surface area contributed by atoms with Crippen molar-refractivity contribution in [3.63, 3.8) is 0 Å². The smallest absolute Gasteiger partial charge is 0.116 e. The van der Waals surface area contributed by atoms with Gasteiger partial charge in [-0.2, -0.15) is 0 Å². The molecule has 0 amide bonds. The molecule has 0 atom stereocenters. The summed E-state index contributed by atoms with van der Waals surface area (Å²) in [5.74, 6) is 0. The fourth-order valence-electron chi connectivity index (χ4n) is 2.67. The Labute approximate surface area is 112 Å². The Hall–Kier alpha value is -1.59.